The third-order valence-corrected chi connectivity index (χ3v) is 1.60. The van der Waals surface area contributed by atoms with Crippen molar-refractivity contribution in [2.24, 2.45) is 0 Å². The van der Waals surface area contributed by atoms with Crippen LogP contribution in [0.15, 0.2) is 0 Å². The highest BCUT2D eigenvalue weighted by Crippen LogP contribution is 2.02. The van der Waals surface area contributed by atoms with Gasteiger partial charge >= 0.3 is 0 Å². The molecule has 9 heavy (non-hydrogen) atoms. The van der Waals surface area contributed by atoms with Crippen LogP contribution in [0.5, 0.6) is 0 Å². The van der Waals surface area contributed by atoms with Crippen LogP contribution < -0.4 is 10.6 Å². The molecule has 0 unspecified atom stereocenters. The zero-order valence-corrected chi connectivity index (χ0v) is 6.28. The normalized spacial score (nSPS) is 27.3. The van der Waals surface area contributed by atoms with Crippen LogP contribution in [0.2, 0.25) is 0 Å². The maximum atomic E-state index is 4.36. The summed E-state index contributed by atoms with van der Waals surface area (Å²) in [5.41, 5.74) is 0.247. The van der Waals surface area contributed by atoms with E-state index in [-0.39, 0.29) is 5.54 Å². The minimum absolute atomic E-state index is 0.247. The molecule has 0 saturated carbocycles. The molecule has 2 nitrogen and oxygen atoms in total. The summed E-state index contributed by atoms with van der Waals surface area (Å²) in [6, 6.07) is 0. The molecule has 0 bridgehead atoms. The van der Waals surface area contributed by atoms with Gasteiger partial charge < -0.3 is 5.32 Å². The van der Waals surface area contributed by atoms with Gasteiger partial charge in [-0.1, -0.05) is 0 Å². The van der Waals surface area contributed by atoms with Gasteiger partial charge in [0.2, 0.25) is 0 Å². The van der Waals surface area contributed by atoms with Gasteiger partial charge in [0.15, 0.2) is 0 Å². The average molecular weight is 127 g/mol. The van der Waals surface area contributed by atoms with E-state index in [0.717, 1.165) is 19.6 Å². The van der Waals surface area contributed by atoms with E-state index in [1.54, 1.807) is 0 Å². The minimum atomic E-state index is 0.247. The molecule has 0 aliphatic carbocycles. The predicted molar refractivity (Wildman–Crippen MR) is 38.6 cm³/mol. The monoisotopic (exact) mass is 127 g/mol. The van der Waals surface area contributed by atoms with Crippen molar-refractivity contribution in [3.05, 3.63) is 0 Å². The van der Waals surface area contributed by atoms with Crippen molar-refractivity contribution in [1.29, 1.82) is 0 Å². The topological polar surface area (TPSA) is 26.1 Å². The quantitative estimate of drug-likeness (QED) is 0.499. The van der Waals surface area contributed by atoms with Gasteiger partial charge in [-0.3, -0.25) is 0 Å². The maximum Gasteiger partial charge on any atom is 0.0310 e. The Bertz CT molecular complexity index is 78.9. The summed E-state index contributed by atoms with van der Waals surface area (Å²) in [4.78, 5) is 0. The lowest BCUT2D eigenvalue weighted by Crippen LogP contribution is -2.43. The zero-order chi connectivity index (χ0) is 6.74. The molecule has 1 heterocycles. The van der Waals surface area contributed by atoms with E-state index in [1.165, 1.54) is 6.42 Å². The Balaban J connectivity index is 2.36. The first-order chi connectivity index (χ1) is 4.21. The predicted octanol–water partition coefficient (Wildman–Crippen LogP) is 0.363. The van der Waals surface area contributed by atoms with Gasteiger partial charge in [0.1, 0.15) is 0 Å². The van der Waals surface area contributed by atoms with Crippen molar-refractivity contribution >= 4 is 0 Å². The van der Waals surface area contributed by atoms with E-state index in [2.05, 4.69) is 24.5 Å². The van der Waals surface area contributed by atoms with E-state index in [1.807, 2.05) is 0 Å². The standard InChI is InChI=1S/C7H15N2/c1-7(2)6-8-4-3-5-9-7/h9H,3-6H2,1-2H3. The lowest BCUT2D eigenvalue weighted by atomic mass is 10.1. The summed E-state index contributed by atoms with van der Waals surface area (Å²) in [6.07, 6.45) is 1.20. The summed E-state index contributed by atoms with van der Waals surface area (Å²) in [5.74, 6) is 0. The first-order valence-electron chi connectivity index (χ1n) is 3.59. The Morgan fingerprint density at radius 3 is 3.00 bits per heavy atom. The van der Waals surface area contributed by atoms with Crippen LogP contribution in [0.25, 0.3) is 0 Å². The fourth-order valence-electron chi connectivity index (χ4n) is 1.03. The highest BCUT2D eigenvalue weighted by molar-refractivity contribution is 4.81. The van der Waals surface area contributed by atoms with Crippen LogP contribution in [-0.2, 0) is 0 Å². The third kappa shape index (κ3) is 2.33. The molecule has 1 aliphatic rings. The maximum absolute atomic E-state index is 4.36. The lowest BCUT2D eigenvalue weighted by molar-refractivity contribution is 0.400. The summed E-state index contributed by atoms with van der Waals surface area (Å²) in [7, 11) is 0. The van der Waals surface area contributed by atoms with Crippen molar-refractivity contribution in [3.8, 4) is 0 Å². The van der Waals surface area contributed by atoms with Crippen molar-refractivity contribution in [3.63, 3.8) is 0 Å². The number of rotatable bonds is 0. The minimum Gasteiger partial charge on any atom is -0.310 e. The molecule has 1 rings (SSSR count). The molecule has 1 saturated heterocycles. The fraction of sp³-hybridized carbons (Fsp3) is 1.00. The Labute approximate surface area is 57.0 Å². The first-order valence-corrected chi connectivity index (χ1v) is 3.59. The molecule has 1 N–H and O–H groups in total. The van der Waals surface area contributed by atoms with Crippen LogP contribution >= 0.6 is 0 Å². The second kappa shape index (κ2) is 2.67. The Morgan fingerprint density at radius 2 is 2.22 bits per heavy atom. The molecule has 0 aromatic carbocycles. The number of nitrogens with zero attached hydrogens (tertiary/aromatic N) is 1. The summed E-state index contributed by atoms with van der Waals surface area (Å²) in [5, 5.41) is 7.79. The van der Waals surface area contributed by atoms with Gasteiger partial charge in [0, 0.05) is 18.6 Å². The van der Waals surface area contributed by atoms with E-state index < -0.39 is 0 Å². The van der Waals surface area contributed by atoms with Crippen LogP contribution in [0.1, 0.15) is 20.3 Å². The molecule has 0 atom stereocenters. The zero-order valence-electron chi connectivity index (χ0n) is 6.28. The summed E-state index contributed by atoms with van der Waals surface area (Å²) >= 11 is 0. The SMILES string of the molecule is CC1(C)C[N]CCCN1. The van der Waals surface area contributed by atoms with E-state index in [9.17, 15) is 0 Å². The van der Waals surface area contributed by atoms with Crippen LogP contribution in [0, 0.1) is 0 Å². The first kappa shape index (κ1) is 7.03. The number of hydrogen-bond donors (Lipinski definition) is 1. The van der Waals surface area contributed by atoms with Crippen LogP contribution in [-0.4, -0.2) is 25.2 Å². The smallest absolute Gasteiger partial charge is 0.0310 e. The van der Waals surface area contributed by atoms with Crippen LogP contribution in [0.3, 0.4) is 0 Å². The van der Waals surface area contributed by atoms with Crippen molar-refractivity contribution in [2.75, 3.05) is 19.6 Å². The molecule has 1 aliphatic heterocycles. The molecular weight excluding hydrogens is 112 g/mol. The molecule has 53 valence electrons. The van der Waals surface area contributed by atoms with Crippen LogP contribution in [0.4, 0.5) is 0 Å². The molecule has 1 radical (unpaired) electrons. The van der Waals surface area contributed by atoms with Gasteiger partial charge in [-0.2, -0.15) is 0 Å². The molecule has 0 aromatic heterocycles. The largest absolute Gasteiger partial charge is 0.310 e. The Morgan fingerprint density at radius 1 is 1.44 bits per heavy atom. The Kier molecular flexibility index (Phi) is 2.09. The Hall–Kier alpha value is -0.0800. The molecule has 1 fully saturated rings. The molecule has 0 aromatic rings. The second-order valence-corrected chi connectivity index (χ2v) is 3.27. The lowest BCUT2D eigenvalue weighted by Gasteiger charge is -2.22. The highest BCUT2D eigenvalue weighted by Gasteiger charge is 2.18. The second-order valence-electron chi connectivity index (χ2n) is 3.27. The van der Waals surface area contributed by atoms with Crippen molar-refractivity contribution < 1.29 is 0 Å². The van der Waals surface area contributed by atoms with Gasteiger partial charge in [-0.05, 0) is 26.8 Å². The van der Waals surface area contributed by atoms with Crippen molar-refractivity contribution in [2.45, 2.75) is 25.8 Å². The van der Waals surface area contributed by atoms with Gasteiger partial charge in [-0.15, -0.1) is 0 Å². The molecule has 2 heteroatoms. The van der Waals surface area contributed by atoms with E-state index in [0.29, 0.717) is 0 Å². The molecule has 0 spiro atoms. The highest BCUT2D eigenvalue weighted by atomic mass is 15.0. The van der Waals surface area contributed by atoms with Gasteiger partial charge in [-0.25, -0.2) is 5.32 Å². The van der Waals surface area contributed by atoms with E-state index >= 15 is 0 Å². The van der Waals surface area contributed by atoms with Crippen molar-refractivity contribution in [1.82, 2.24) is 10.6 Å². The van der Waals surface area contributed by atoms with E-state index in [4.69, 9.17) is 0 Å². The number of nitrogens with one attached hydrogen (secondary N) is 1. The molecular formula is C7H15N2. The summed E-state index contributed by atoms with van der Waals surface area (Å²) < 4.78 is 0. The third-order valence-electron chi connectivity index (χ3n) is 1.60. The molecule has 0 amide bonds. The number of hydrogen-bond acceptors (Lipinski definition) is 1. The van der Waals surface area contributed by atoms with Gasteiger partial charge in [0.05, 0.1) is 0 Å². The fourth-order valence-corrected chi connectivity index (χ4v) is 1.03. The average Bonchev–Trinajstić information content (AvgIpc) is 1.92. The van der Waals surface area contributed by atoms with Gasteiger partial charge in [0.25, 0.3) is 0 Å². The summed E-state index contributed by atoms with van der Waals surface area (Å²) in [6.45, 7) is 7.52.